The molecular weight excluding hydrogens is 214 g/mol. The first-order chi connectivity index (χ1) is 8.15. The van der Waals surface area contributed by atoms with Crippen LogP contribution in [0.25, 0.3) is 0 Å². The zero-order valence-electron chi connectivity index (χ0n) is 10.8. The van der Waals surface area contributed by atoms with Crippen molar-refractivity contribution < 1.29 is 4.42 Å². The van der Waals surface area contributed by atoms with Crippen LogP contribution in [0.15, 0.2) is 23.0 Å². The Bertz CT molecular complexity index is 485. The van der Waals surface area contributed by atoms with E-state index in [1.165, 1.54) is 11.3 Å². The molecular formula is C13H19N3O. The highest BCUT2D eigenvalue weighted by molar-refractivity contribution is 5.35. The lowest BCUT2D eigenvalue weighted by Crippen LogP contribution is -2.22. The Morgan fingerprint density at radius 1 is 1.47 bits per heavy atom. The smallest absolute Gasteiger partial charge is 0.0953 e. The molecule has 2 heterocycles. The van der Waals surface area contributed by atoms with Crippen molar-refractivity contribution in [1.29, 1.82) is 0 Å². The quantitative estimate of drug-likeness (QED) is 0.881. The molecule has 92 valence electrons. The molecule has 1 atom stereocenters. The Morgan fingerprint density at radius 2 is 2.24 bits per heavy atom. The van der Waals surface area contributed by atoms with Gasteiger partial charge in [0.2, 0.25) is 0 Å². The molecule has 0 fully saturated rings. The molecule has 0 aliphatic heterocycles. The predicted octanol–water partition coefficient (Wildman–Crippen LogP) is 2.33. The Balaban J connectivity index is 2.46. The van der Waals surface area contributed by atoms with Gasteiger partial charge in [-0.25, -0.2) is 0 Å². The number of hydrogen-bond acceptors (Lipinski definition) is 3. The number of aryl methyl sites for hydroxylation is 2. The van der Waals surface area contributed by atoms with E-state index in [-0.39, 0.29) is 6.04 Å². The maximum absolute atomic E-state index is 5.18. The lowest BCUT2D eigenvalue weighted by Gasteiger charge is -2.17. The summed E-state index contributed by atoms with van der Waals surface area (Å²) in [6, 6.07) is 2.16. The molecule has 0 bridgehead atoms. The van der Waals surface area contributed by atoms with Crippen LogP contribution in [0.3, 0.4) is 0 Å². The van der Waals surface area contributed by atoms with Crippen molar-refractivity contribution in [1.82, 2.24) is 15.1 Å². The van der Waals surface area contributed by atoms with Gasteiger partial charge in [0.05, 0.1) is 24.3 Å². The van der Waals surface area contributed by atoms with Crippen molar-refractivity contribution >= 4 is 0 Å². The molecule has 2 rings (SSSR count). The molecule has 0 saturated carbocycles. The summed E-state index contributed by atoms with van der Waals surface area (Å²) in [5.74, 6) is 0. The van der Waals surface area contributed by atoms with Crippen molar-refractivity contribution in [2.45, 2.75) is 26.8 Å². The maximum Gasteiger partial charge on any atom is 0.0953 e. The molecule has 0 amide bonds. The van der Waals surface area contributed by atoms with E-state index in [1.807, 2.05) is 24.7 Å². The zero-order valence-corrected chi connectivity index (χ0v) is 10.8. The first-order valence-corrected chi connectivity index (χ1v) is 5.90. The normalized spacial score (nSPS) is 12.9. The van der Waals surface area contributed by atoms with Crippen molar-refractivity contribution in [2.75, 3.05) is 6.54 Å². The van der Waals surface area contributed by atoms with Crippen LogP contribution in [0.4, 0.5) is 0 Å². The summed E-state index contributed by atoms with van der Waals surface area (Å²) in [6.45, 7) is 7.16. The predicted molar refractivity (Wildman–Crippen MR) is 66.9 cm³/mol. The molecule has 0 aliphatic rings. The monoisotopic (exact) mass is 233 g/mol. The van der Waals surface area contributed by atoms with Crippen LogP contribution in [-0.2, 0) is 7.05 Å². The van der Waals surface area contributed by atoms with Crippen LogP contribution in [0.5, 0.6) is 0 Å². The molecule has 1 unspecified atom stereocenters. The third-order valence-electron chi connectivity index (χ3n) is 3.14. The van der Waals surface area contributed by atoms with Crippen LogP contribution >= 0.6 is 0 Å². The summed E-state index contributed by atoms with van der Waals surface area (Å²) in [5.41, 5.74) is 4.65. The van der Waals surface area contributed by atoms with Crippen LogP contribution in [0.2, 0.25) is 0 Å². The topological polar surface area (TPSA) is 43.0 Å². The molecule has 4 nitrogen and oxygen atoms in total. The van der Waals surface area contributed by atoms with Gasteiger partial charge in [-0.05, 0) is 26.5 Å². The maximum atomic E-state index is 5.18. The van der Waals surface area contributed by atoms with Gasteiger partial charge in [-0.3, -0.25) is 4.68 Å². The van der Waals surface area contributed by atoms with Crippen LogP contribution in [-0.4, -0.2) is 16.3 Å². The molecule has 0 saturated heterocycles. The number of hydrogen-bond donors (Lipinski definition) is 1. The Kier molecular flexibility index (Phi) is 3.33. The molecule has 1 N–H and O–H groups in total. The van der Waals surface area contributed by atoms with E-state index in [0.717, 1.165) is 17.8 Å². The molecule has 2 aromatic heterocycles. The summed E-state index contributed by atoms with van der Waals surface area (Å²) >= 11 is 0. The van der Waals surface area contributed by atoms with Gasteiger partial charge >= 0.3 is 0 Å². The number of furan rings is 1. The van der Waals surface area contributed by atoms with E-state index in [4.69, 9.17) is 4.42 Å². The average molecular weight is 233 g/mol. The number of rotatable bonds is 4. The van der Waals surface area contributed by atoms with Gasteiger partial charge in [-0.2, -0.15) is 5.10 Å². The van der Waals surface area contributed by atoms with Crippen molar-refractivity contribution in [3.8, 4) is 0 Å². The highest BCUT2D eigenvalue weighted by Gasteiger charge is 2.21. The first kappa shape index (κ1) is 11.9. The van der Waals surface area contributed by atoms with E-state index in [2.05, 4.69) is 24.3 Å². The van der Waals surface area contributed by atoms with E-state index in [9.17, 15) is 0 Å². The van der Waals surface area contributed by atoms with Gasteiger partial charge in [-0.15, -0.1) is 0 Å². The third kappa shape index (κ3) is 2.13. The molecule has 4 heteroatoms. The molecule has 0 spiro atoms. The fourth-order valence-electron chi connectivity index (χ4n) is 2.24. The lowest BCUT2D eigenvalue weighted by molar-refractivity contribution is 0.552. The van der Waals surface area contributed by atoms with Gasteiger partial charge < -0.3 is 9.73 Å². The summed E-state index contributed by atoms with van der Waals surface area (Å²) in [6.07, 6.45) is 3.50. The Labute approximate surface area is 102 Å². The van der Waals surface area contributed by atoms with Gasteiger partial charge in [0.25, 0.3) is 0 Å². The van der Waals surface area contributed by atoms with Gasteiger partial charge in [0, 0.05) is 23.9 Å². The molecule has 17 heavy (non-hydrogen) atoms. The van der Waals surface area contributed by atoms with Crippen molar-refractivity contribution in [3.05, 3.63) is 41.1 Å². The lowest BCUT2D eigenvalue weighted by atomic mass is 9.99. The van der Waals surface area contributed by atoms with E-state index < -0.39 is 0 Å². The fourth-order valence-corrected chi connectivity index (χ4v) is 2.24. The highest BCUT2D eigenvalue weighted by Crippen LogP contribution is 2.27. The van der Waals surface area contributed by atoms with E-state index in [0.29, 0.717) is 0 Å². The van der Waals surface area contributed by atoms with Crippen molar-refractivity contribution in [3.63, 3.8) is 0 Å². The average Bonchev–Trinajstić information content (AvgIpc) is 2.88. The Morgan fingerprint density at radius 3 is 2.71 bits per heavy atom. The van der Waals surface area contributed by atoms with Gasteiger partial charge in [0.15, 0.2) is 0 Å². The zero-order chi connectivity index (χ0) is 12.4. The summed E-state index contributed by atoms with van der Waals surface area (Å²) in [4.78, 5) is 0. The van der Waals surface area contributed by atoms with Gasteiger partial charge in [-0.1, -0.05) is 6.92 Å². The minimum Gasteiger partial charge on any atom is -0.472 e. The number of nitrogens with one attached hydrogen (secondary N) is 1. The molecule has 0 aliphatic carbocycles. The second-order valence-electron chi connectivity index (χ2n) is 4.26. The molecule has 2 aromatic rings. The second-order valence-corrected chi connectivity index (χ2v) is 4.26. The van der Waals surface area contributed by atoms with E-state index >= 15 is 0 Å². The van der Waals surface area contributed by atoms with Gasteiger partial charge in [0.1, 0.15) is 0 Å². The largest absolute Gasteiger partial charge is 0.472 e. The SMILES string of the molecule is CCNC(c1ccoc1)c1c(C)nn(C)c1C. The first-order valence-electron chi connectivity index (χ1n) is 5.90. The van der Waals surface area contributed by atoms with E-state index in [1.54, 1.807) is 12.5 Å². The minimum absolute atomic E-state index is 0.160. The van der Waals surface area contributed by atoms with Crippen LogP contribution in [0.1, 0.15) is 35.5 Å². The van der Waals surface area contributed by atoms with Crippen LogP contribution in [0, 0.1) is 13.8 Å². The second kappa shape index (κ2) is 4.75. The third-order valence-corrected chi connectivity index (χ3v) is 3.14. The molecule has 0 radical (unpaired) electrons. The van der Waals surface area contributed by atoms with Crippen molar-refractivity contribution in [2.24, 2.45) is 7.05 Å². The standard InChI is InChI=1S/C13H19N3O/c1-5-14-13(11-6-7-17-8-11)12-9(2)15-16(4)10(12)3/h6-8,13-14H,5H2,1-4H3. The summed E-state index contributed by atoms with van der Waals surface area (Å²) in [5, 5.41) is 7.95. The minimum atomic E-state index is 0.160. The summed E-state index contributed by atoms with van der Waals surface area (Å²) < 4.78 is 7.11. The summed E-state index contributed by atoms with van der Waals surface area (Å²) in [7, 11) is 1.98. The number of aromatic nitrogens is 2. The Hall–Kier alpha value is -1.55. The van der Waals surface area contributed by atoms with Crippen LogP contribution < -0.4 is 5.32 Å². The highest BCUT2D eigenvalue weighted by atomic mass is 16.3. The fraction of sp³-hybridized carbons (Fsp3) is 0.462. The number of nitrogens with zero attached hydrogens (tertiary/aromatic N) is 2. The molecule has 0 aromatic carbocycles.